The van der Waals surface area contributed by atoms with Crippen LogP contribution in [0.1, 0.15) is 69.8 Å². The first-order valence-electron chi connectivity index (χ1n) is 10.3. The number of aliphatic carboxylic acids is 1. The van der Waals surface area contributed by atoms with Crippen molar-refractivity contribution in [2.75, 3.05) is 0 Å². The molecule has 4 atom stereocenters. The first-order valence-corrected chi connectivity index (χ1v) is 10.3. The third-order valence-corrected chi connectivity index (χ3v) is 5.82. The third kappa shape index (κ3) is 7.28. The molecule has 2 rings (SSSR count). The van der Waals surface area contributed by atoms with Gasteiger partial charge in [-0.1, -0.05) is 24.4 Å². The molecular weight excluding hydrogens is 362 g/mol. The van der Waals surface area contributed by atoms with Gasteiger partial charge in [-0.05, 0) is 56.1 Å². The Morgan fingerprint density at radius 3 is 2.68 bits per heavy atom. The number of unbranched alkanes of at least 4 members (excludes halogenated alkanes) is 3. The van der Waals surface area contributed by atoms with Gasteiger partial charge in [0.1, 0.15) is 0 Å². The zero-order valence-electron chi connectivity index (χ0n) is 16.4. The molecule has 0 aliphatic heterocycles. The average molecular weight is 395 g/mol. The summed E-state index contributed by atoms with van der Waals surface area (Å²) in [5.74, 6) is -0.740. The van der Waals surface area contributed by atoms with Crippen molar-refractivity contribution >= 4 is 11.7 Å². The highest BCUT2D eigenvalue weighted by Crippen LogP contribution is 2.37. The lowest BCUT2D eigenvalue weighted by molar-refractivity contribution is -0.137. The Balaban J connectivity index is 1.75. The van der Waals surface area contributed by atoms with E-state index >= 15 is 0 Å². The van der Waals surface area contributed by atoms with Crippen LogP contribution in [0.3, 0.4) is 0 Å². The zero-order chi connectivity index (χ0) is 20.4. The summed E-state index contributed by atoms with van der Waals surface area (Å²) in [5.41, 5.74) is 1.69. The number of aliphatic hydroxyl groups excluding tert-OH is 2. The number of carbonyl (C=O) groups is 1. The number of aliphatic hydroxyl groups is 2. The maximum absolute atomic E-state index is 10.5. The van der Waals surface area contributed by atoms with Crippen molar-refractivity contribution in [1.29, 1.82) is 0 Å². The van der Waals surface area contributed by atoms with E-state index < -0.39 is 18.2 Å². The molecule has 0 spiro atoms. The normalized spacial score (nSPS) is 24.6. The van der Waals surface area contributed by atoms with E-state index in [-0.39, 0.29) is 18.3 Å². The fraction of sp³-hybridized carbons (Fsp3) is 0.714. The average Bonchev–Trinajstić information content (AvgIpc) is 3.28. The highest BCUT2D eigenvalue weighted by atomic mass is 16.4. The van der Waals surface area contributed by atoms with Gasteiger partial charge in [0.2, 0.25) is 0 Å². The van der Waals surface area contributed by atoms with Crippen LogP contribution in [-0.2, 0) is 11.2 Å². The van der Waals surface area contributed by atoms with E-state index in [1.807, 2.05) is 6.07 Å². The van der Waals surface area contributed by atoms with Gasteiger partial charge >= 0.3 is 5.97 Å². The van der Waals surface area contributed by atoms with Crippen LogP contribution >= 0.6 is 0 Å². The molecule has 4 unspecified atom stereocenters. The van der Waals surface area contributed by atoms with Crippen molar-refractivity contribution in [3.63, 3.8) is 0 Å². The summed E-state index contributed by atoms with van der Waals surface area (Å²) in [5, 5.41) is 42.1. The van der Waals surface area contributed by atoms with Gasteiger partial charge in [-0.15, -0.1) is 0 Å². The first-order chi connectivity index (χ1) is 13.5. The molecule has 1 heterocycles. The quantitative estimate of drug-likeness (QED) is 0.230. The van der Waals surface area contributed by atoms with Crippen LogP contribution in [0, 0.1) is 11.8 Å². The maximum Gasteiger partial charge on any atom is 0.303 e. The maximum atomic E-state index is 10.5. The van der Waals surface area contributed by atoms with Gasteiger partial charge in [-0.2, -0.15) is 0 Å². The Bertz CT molecular complexity index is 600. The van der Waals surface area contributed by atoms with Crippen LogP contribution in [0.25, 0.3) is 0 Å². The number of carboxylic acids is 1. The van der Waals surface area contributed by atoms with Crippen molar-refractivity contribution < 1.29 is 29.7 Å². The first kappa shape index (κ1) is 22.4. The van der Waals surface area contributed by atoms with Gasteiger partial charge in [-0.3, -0.25) is 4.79 Å². The molecule has 0 saturated heterocycles. The third-order valence-electron chi connectivity index (χ3n) is 5.82. The van der Waals surface area contributed by atoms with Gasteiger partial charge in [0.15, 0.2) is 0 Å². The van der Waals surface area contributed by atoms with E-state index in [1.54, 1.807) is 12.5 Å². The molecule has 0 aromatic carbocycles. The molecule has 28 heavy (non-hydrogen) atoms. The highest BCUT2D eigenvalue weighted by molar-refractivity contribution is 5.89. The van der Waals surface area contributed by atoms with Crippen molar-refractivity contribution in [2.45, 2.75) is 82.8 Å². The molecule has 0 bridgehead atoms. The molecule has 0 amide bonds. The molecule has 1 aromatic rings. The Morgan fingerprint density at radius 2 is 2.00 bits per heavy atom. The van der Waals surface area contributed by atoms with E-state index in [4.69, 9.17) is 9.52 Å². The Labute approximate surface area is 166 Å². The number of furan rings is 1. The van der Waals surface area contributed by atoms with Gasteiger partial charge in [0.25, 0.3) is 0 Å². The minimum atomic E-state index is -0.763. The molecule has 1 aliphatic rings. The zero-order valence-corrected chi connectivity index (χ0v) is 16.4. The van der Waals surface area contributed by atoms with E-state index in [0.717, 1.165) is 37.7 Å². The van der Waals surface area contributed by atoms with E-state index in [9.17, 15) is 20.2 Å². The summed E-state index contributed by atoms with van der Waals surface area (Å²) in [6, 6.07) is 1.89. The van der Waals surface area contributed by atoms with Crippen LogP contribution in [-0.4, -0.2) is 44.4 Å². The molecule has 1 aromatic heterocycles. The number of hydrogen-bond acceptors (Lipinski definition) is 6. The second-order valence-corrected chi connectivity index (χ2v) is 7.88. The van der Waals surface area contributed by atoms with E-state index in [2.05, 4.69) is 5.16 Å². The summed E-state index contributed by atoms with van der Waals surface area (Å²) in [4.78, 5) is 10.5. The second-order valence-electron chi connectivity index (χ2n) is 7.88. The summed E-state index contributed by atoms with van der Waals surface area (Å²) < 4.78 is 5.03. The summed E-state index contributed by atoms with van der Waals surface area (Å²) in [6.07, 6.45) is 9.85. The van der Waals surface area contributed by atoms with Crippen LogP contribution in [0.15, 0.2) is 28.2 Å². The molecule has 1 fully saturated rings. The Morgan fingerprint density at radius 1 is 1.21 bits per heavy atom. The van der Waals surface area contributed by atoms with Crippen LogP contribution < -0.4 is 0 Å². The fourth-order valence-electron chi connectivity index (χ4n) is 4.22. The molecule has 1 saturated carbocycles. The predicted molar refractivity (Wildman–Crippen MR) is 104 cm³/mol. The molecule has 1 aliphatic carbocycles. The largest absolute Gasteiger partial charge is 0.481 e. The molecule has 0 radical (unpaired) electrons. The molecule has 158 valence electrons. The lowest BCUT2D eigenvalue weighted by atomic mass is 9.84. The number of aryl methyl sites for hydroxylation is 1. The van der Waals surface area contributed by atoms with Crippen molar-refractivity contribution in [3.8, 4) is 0 Å². The topological polar surface area (TPSA) is 123 Å². The molecule has 7 heteroatoms. The number of oxime groups is 1. The Hall–Kier alpha value is -1.86. The summed E-state index contributed by atoms with van der Waals surface area (Å²) >= 11 is 0. The Kier molecular flexibility index (Phi) is 9.50. The van der Waals surface area contributed by atoms with Crippen molar-refractivity contribution in [1.82, 2.24) is 0 Å². The number of hydrogen-bond donors (Lipinski definition) is 4. The summed E-state index contributed by atoms with van der Waals surface area (Å²) in [6.45, 7) is 0. The lowest BCUT2D eigenvalue weighted by Crippen LogP contribution is -2.22. The monoisotopic (exact) mass is 395 g/mol. The lowest BCUT2D eigenvalue weighted by Gasteiger charge is -2.23. The van der Waals surface area contributed by atoms with Crippen LogP contribution in [0.5, 0.6) is 0 Å². The van der Waals surface area contributed by atoms with Crippen LogP contribution in [0.4, 0.5) is 0 Å². The standard InChI is InChI=1S/C21H33NO6/c23-16(8-7-15-11-12-28-14-15)9-10-17-18(20(24)13-19(17)22-27)5-3-1-2-4-6-21(25)26/h11-12,14,16-18,20,23-24,27H,1-10,13H2,(H,25,26)/b22-19-. The van der Waals surface area contributed by atoms with E-state index in [0.29, 0.717) is 37.8 Å². The van der Waals surface area contributed by atoms with Crippen LogP contribution in [0.2, 0.25) is 0 Å². The van der Waals surface area contributed by atoms with Crippen molar-refractivity contribution in [2.24, 2.45) is 17.0 Å². The molecule has 4 N–H and O–H groups in total. The smallest absolute Gasteiger partial charge is 0.303 e. The molecular formula is C21H33NO6. The van der Waals surface area contributed by atoms with Gasteiger partial charge < -0.3 is 24.9 Å². The predicted octanol–water partition coefficient (Wildman–Crippen LogP) is 3.61. The molecule has 7 nitrogen and oxygen atoms in total. The second kappa shape index (κ2) is 11.9. The van der Waals surface area contributed by atoms with Gasteiger partial charge in [0, 0.05) is 18.8 Å². The fourth-order valence-corrected chi connectivity index (χ4v) is 4.22. The van der Waals surface area contributed by atoms with E-state index in [1.165, 1.54) is 0 Å². The van der Waals surface area contributed by atoms with Crippen molar-refractivity contribution in [3.05, 3.63) is 24.2 Å². The number of nitrogens with zero attached hydrogens (tertiary/aromatic N) is 1. The SMILES string of the molecule is O=C(O)CCCCCCC1C(O)C/C(=N/O)C1CCC(O)CCc1ccoc1. The summed E-state index contributed by atoms with van der Waals surface area (Å²) in [7, 11) is 0. The minimum Gasteiger partial charge on any atom is -0.481 e. The highest BCUT2D eigenvalue weighted by Gasteiger charge is 2.39. The van der Waals surface area contributed by atoms with Gasteiger partial charge in [-0.25, -0.2) is 0 Å². The number of rotatable bonds is 13. The number of carboxylic acid groups (broad SMARTS) is 1. The van der Waals surface area contributed by atoms with Gasteiger partial charge in [0.05, 0.1) is 30.4 Å². The minimum absolute atomic E-state index is 0.0115.